The van der Waals surface area contributed by atoms with Crippen LogP contribution in [0.2, 0.25) is 0 Å². The van der Waals surface area contributed by atoms with E-state index in [0.717, 1.165) is 6.26 Å². The molecule has 1 aromatic rings. The summed E-state index contributed by atoms with van der Waals surface area (Å²) < 4.78 is 33.3. The largest absolute Gasteiger partial charge is 0.452 e. The lowest BCUT2D eigenvalue weighted by Gasteiger charge is -2.26. The van der Waals surface area contributed by atoms with Crippen LogP contribution < -0.4 is 0 Å². The molecule has 7 nitrogen and oxygen atoms in total. The first kappa shape index (κ1) is 17.4. The summed E-state index contributed by atoms with van der Waals surface area (Å²) in [5.41, 5.74) is 0.726. The summed E-state index contributed by atoms with van der Waals surface area (Å²) in [4.78, 5) is 25.7. The van der Waals surface area contributed by atoms with Gasteiger partial charge in [0.15, 0.2) is 16.4 Å². The van der Waals surface area contributed by atoms with Crippen molar-refractivity contribution < 1.29 is 27.5 Å². The number of esters is 1. The number of carbonyl (C=O) groups excluding carboxylic acids is 2. The lowest BCUT2D eigenvalue weighted by Crippen LogP contribution is -2.42. The van der Waals surface area contributed by atoms with E-state index in [-0.39, 0.29) is 23.0 Å². The van der Waals surface area contributed by atoms with Crippen molar-refractivity contribution in [3.05, 3.63) is 29.3 Å². The van der Waals surface area contributed by atoms with Crippen LogP contribution in [0.4, 0.5) is 0 Å². The third-order valence-corrected chi connectivity index (χ3v) is 4.66. The molecule has 0 aromatic heterocycles. The minimum Gasteiger partial charge on any atom is -0.452 e. The van der Waals surface area contributed by atoms with E-state index in [1.807, 2.05) is 0 Å². The number of morpholine rings is 1. The van der Waals surface area contributed by atoms with Gasteiger partial charge in [0.25, 0.3) is 5.91 Å². The summed E-state index contributed by atoms with van der Waals surface area (Å²) in [6.07, 6.45) is 1.06. The lowest BCUT2D eigenvalue weighted by molar-refractivity contribution is -0.138. The Hall–Kier alpha value is -1.93. The predicted molar refractivity (Wildman–Crippen MR) is 82.0 cm³/mol. The van der Waals surface area contributed by atoms with Gasteiger partial charge in [-0.15, -0.1) is 0 Å². The monoisotopic (exact) mass is 341 g/mol. The van der Waals surface area contributed by atoms with Crippen LogP contribution in [0.15, 0.2) is 23.1 Å². The van der Waals surface area contributed by atoms with E-state index < -0.39 is 15.8 Å². The summed E-state index contributed by atoms with van der Waals surface area (Å²) >= 11 is 0. The normalized spacial score (nSPS) is 15.3. The first-order valence-electron chi connectivity index (χ1n) is 7.12. The highest BCUT2D eigenvalue weighted by molar-refractivity contribution is 7.90. The number of carbonyl (C=O) groups is 2. The quantitative estimate of drug-likeness (QED) is 0.737. The Bertz CT molecular complexity index is 707. The molecule has 0 atom stereocenters. The van der Waals surface area contributed by atoms with Crippen LogP contribution in [0, 0.1) is 6.92 Å². The van der Waals surface area contributed by atoms with Gasteiger partial charge >= 0.3 is 5.97 Å². The van der Waals surface area contributed by atoms with Crippen LogP contribution in [0.25, 0.3) is 0 Å². The molecule has 1 fully saturated rings. The molecule has 8 heteroatoms. The molecule has 0 unspecified atom stereocenters. The summed E-state index contributed by atoms with van der Waals surface area (Å²) in [6, 6.07) is 4.24. The van der Waals surface area contributed by atoms with Gasteiger partial charge < -0.3 is 14.4 Å². The van der Waals surface area contributed by atoms with Gasteiger partial charge in [0.05, 0.1) is 23.7 Å². The van der Waals surface area contributed by atoms with Crippen LogP contribution >= 0.6 is 0 Å². The zero-order valence-electron chi connectivity index (χ0n) is 13.1. The van der Waals surface area contributed by atoms with Crippen LogP contribution in [-0.4, -0.2) is 64.4 Å². The molecule has 0 spiro atoms. The van der Waals surface area contributed by atoms with Crippen molar-refractivity contribution in [2.24, 2.45) is 0 Å². The van der Waals surface area contributed by atoms with Crippen molar-refractivity contribution in [1.82, 2.24) is 4.90 Å². The zero-order valence-corrected chi connectivity index (χ0v) is 13.9. The van der Waals surface area contributed by atoms with Gasteiger partial charge in [0.1, 0.15) is 0 Å². The topological polar surface area (TPSA) is 90.0 Å². The van der Waals surface area contributed by atoms with Gasteiger partial charge in [0.2, 0.25) is 0 Å². The van der Waals surface area contributed by atoms with E-state index in [0.29, 0.717) is 31.9 Å². The maximum Gasteiger partial charge on any atom is 0.338 e. The van der Waals surface area contributed by atoms with Gasteiger partial charge in [-0.2, -0.15) is 0 Å². The number of amides is 1. The van der Waals surface area contributed by atoms with E-state index in [1.165, 1.54) is 18.2 Å². The van der Waals surface area contributed by atoms with E-state index in [2.05, 4.69) is 0 Å². The highest BCUT2D eigenvalue weighted by Crippen LogP contribution is 2.16. The minimum atomic E-state index is -3.42. The van der Waals surface area contributed by atoms with Gasteiger partial charge in [-0.25, -0.2) is 13.2 Å². The average Bonchev–Trinajstić information content (AvgIpc) is 2.52. The van der Waals surface area contributed by atoms with Crippen LogP contribution in [0.1, 0.15) is 15.9 Å². The fourth-order valence-electron chi connectivity index (χ4n) is 2.16. The molecule has 0 saturated carbocycles. The highest BCUT2D eigenvalue weighted by atomic mass is 32.2. The Morgan fingerprint density at radius 1 is 1.26 bits per heavy atom. The molecule has 1 aromatic carbocycles. The Kier molecular flexibility index (Phi) is 5.38. The van der Waals surface area contributed by atoms with Crippen molar-refractivity contribution in [2.75, 3.05) is 39.2 Å². The van der Waals surface area contributed by atoms with E-state index >= 15 is 0 Å². The van der Waals surface area contributed by atoms with Crippen molar-refractivity contribution in [2.45, 2.75) is 11.8 Å². The number of sulfone groups is 1. The van der Waals surface area contributed by atoms with Gasteiger partial charge in [-0.1, -0.05) is 6.07 Å². The highest BCUT2D eigenvalue weighted by Gasteiger charge is 2.20. The molecule has 1 amide bonds. The second-order valence-corrected chi connectivity index (χ2v) is 7.33. The van der Waals surface area contributed by atoms with Crippen molar-refractivity contribution in [3.63, 3.8) is 0 Å². The van der Waals surface area contributed by atoms with Crippen molar-refractivity contribution in [3.8, 4) is 0 Å². The summed E-state index contributed by atoms with van der Waals surface area (Å²) in [5.74, 6) is -1.01. The van der Waals surface area contributed by atoms with Crippen molar-refractivity contribution in [1.29, 1.82) is 0 Å². The molecule has 1 aliphatic rings. The molecule has 2 rings (SSSR count). The van der Waals surface area contributed by atoms with Gasteiger partial charge in [-0.3, -0.25) is 4.79 Å². The summed E-state index contributed by atoms with van der Waals surface area (Å²) in [5, 5.41) is 0. The minimum absolute atomic E-state index is 0.0366. The second kappa shape index (κ2) is 7.10. The standard InChI is InChI=1S/C15H19NO6S/c1-11-3-4-12(23(2,19)20)9-13(11)15(18)22-10-14(17)16-5-7-21-8-6-16/h3-4,9H,5-8,10H2,1-2H3. The zero-order chi connectivity index (χ0) is 17.0. The maximum atomic E-state index is 12.1. The molecular weight excluding hydrogens is 322 g/mol. The van der Waals surface area contributed by atoms with Gasteiger partial charge in [-0.05, 0) is 24.6 Å². The molecule has 126 valence electrons. The SMILES string of the molecule is Cc1ccc(S(C)(=O)=O)cc1C(=O)OCC(=O)N1CCOCC1. The number of nitrogens with zero attached hydrogens (tertiary/aromatic N) is 1. The Morgan fingerprint density at radius 2 is 1.91 bits per heavy atom. The van der Waals surface area contributed by atoms with E-state index in [4.69, 9.17) is 9.47 Å². The van der Waals surface area contributed by atoms with Crippen LogP contribution in [-0.2, 0) is 24.1 Å². The van der Waals surface area contributed by atoms with E-state index in [1.54, 1.807) is 11.8 Å². The molecule has 23 heavy (non-hydrogen) atoms. The number of benzene rings is 1. The fourth-order valence-corrected chi connectivity index (χ4v) is 2.81. The summed E-state index contributed by atoms with van der Waals surface area (Å²) in [6.45, 7) is 3.18. The number of rotatable bonds is 4. The molecule has 1 heterocycles. The van der Waals surface area contributed by atoms with Gasteiger partial charge in [0, 0.05) is 19.3 Å². The smallest absolute Gasteiger partial charge is 0.338 e. The first-order valence-corrected chi connectivity index (χ1v) is 9.01. The van der Waals surface area contributed by atoms with Crippen LogP contribution in [0.5, 0.6) is 0 Å². The third kappa shape index (κ3) is 4.52. The Morgan fingerprint density at radius 3 is 2.52 bits per heavy atom. The number of ether oxygens (including phenoxy) is 2. The number of hydrogen-bond donors (Lipinski definition) is 0. The molecule has 0 radical (unpaired) electrons. The molecule has 0 bridgehead atoms. The summed E-state index contributed by atoms with van der Waals surface area (Å²) in [7, 11) is -3.42. The lowest BCUT2D eigenvalue weighted by atomic mass is 10.1. The number of aryl methyl sites for hydroxylation is 1. The van der Waals surface area contributed by atoms with E-state index in [9.17, 15) is 18.0 Å². The second-order valence-electron chi connectivity index (χ2n) is 5.32. The fraction of sp³-hybridized carbons (Fsp3) is 0.467. The Labute approximate surface area is 135 Å². The predicted octanol–water partition coefficient (Wildman–Crippen LogP) is 0.414. The molecule has 1 aliphatic heterocycles. The molecular formula is C15H19NO6S. The maximum absolute atomic E-state index is 12.1. The third-order valence-electron chi connectivity index (χ3n) is 3.55. The van der Waals surface area contributed by atoms with Crippen LogP contribution in [0.3, 0.4) is 0 Å². The number of hydrogen-bond acceptors (Lipinski definition) is 6. The molecule has 1 saturated heterocycles. The average molecular weight is 341 g/mol. The Balaban J connectivity index is 2.04. The molecule has 0 aliphatic carbocycles. The van der Waals surface area contributed by atoms with Crippen molar-refractivity contribution >= 4 is 21.7 Å². The molecule has 0 N–H and O–H groups in total. The first-order chi connectivity index (χ1) is 10.8.